The summed E-state index contributed by atoms with van der Waals surface area (Å²) in [6.07, 6.45) is 0. The minimum Gasteiger partial charge on any atom is -0.298 e. The van der Waals surface area contributed by atoms with Crippen LogP contribution in [0.15, 0.2) is 23.6 Å². The monoisotopic (exact) mass is 325 g/mol. The van der Waals surface area contributed by atoms with Crippen molar-refractivity contribution >= 4 is 39.7 Å². The van der Waals surface area contributed by atoms with E-state index in [1.165, 1.54) is 29.5 Å². The number of nitro groups is 1. The summed E-state index contributed by atoms with van der Waals surface area (Å²) in [6.45, 7) is 3.98. The molecule has 0 aliphatic carbocycles. The van der Waals surface area contributed by atoms with Crippen molar-refractivity contribution in [1.82, 2.24) is 4.98 Å². The van der Waals surface area contributed by atoms with Crippen LogP contribution in [0.4, 0.5) is 10.8 Å². The van der Waals surface area contributed by atoms with Gasteiger partial charge in [-0.25, -0.2) is 4.98 Å². The summed E-state index contributed by atoms with van der Waals surface area (Å²) in [4.78, 5) is 26.8. The van der Waals surface area contributed by atoms with Gasteiger partial charge in [0.1, 0.15) is 10.6 Å². The molecular formula is C13H12ClN3O3S. The molecule has 21 heavy (non-hydrogen) atoms. The van der Waals surface area contributed by atoms with Crippen LogP contribution in [0.25, 0.3) is 0 Å². The number of aromatic nitrogens is 1. The lowest BCUT2D eigenvalue weighted by Gasteiger charge is -2.04. The predicted octanol–water partition coefficient (Wildman–Crippen LogP) is 4.08. The second-order valence-electron chi connectivity index (χ2n) is 4.58. The second kappa shape index (κ2) is 6.19. The molecule has 0 fully saturated rings. The zero-order valence-corrected chi connectivity index (χ0v) is 12.9. The molecular weight excluding hydrogens is 314 g/mol. The molecule has 0 atom stereocenters. The Morgan fingerprint density at radius 1 is 1.48 bits per heavy atom. The molecule has 0 saturated heterocycles. The van der Waals surface area contributed by atoms with Gasteiger partial charge < -0.3 is 0 Å². The van der Waals surface area contributed by atoms with Crippen molar-refractivity contribution in [3.63, 3.8) is 0 Å². The van der Waals surface area contributed by atoms with Crippen molar-refractivity contribution in [1.29, 1.82) is 0 Å². The number of para-hydroxylation sites is 1. The first-order valence-corrected chi connectivity index (χ1v) is 7.35. The molecule has 0 unspecified atom stereocenters. The number of carbonyl (C=O) groups excluding carboxylic acids is 1. The van der Waals surface area contributed by atoms with Gasteiger partial charge in [0.25, 0.3) is 5.91 Å². The molecule has 0 aliphatic heterocycles. The summed E-state index contributed by atoms with van der Waals surface area (Å²) < 4.78 is 0. The Balaban J connectivity index is 2.28. The highest BCUT2D eigenvalue weighted by Gasteiger charge is 2.24. The highest BCUT2D eigenvalue weighted by Crippen LogP contribution is 2.29. The third-order valence-corrected chi connectivity index (χ3v) is 3.83. The number of anilines is 1. The molecule has 0 aliphatic rings. The molecule has 2 rings (SSSR count). The van der Waals surface area contributed by atoms with Gasteiger partial charge in [-0.3, -0.25) is 20.2 Å². The molecule has 6 nitrogen and oxygen atoms in total. The number of benzene rings is 1. The maximum atomic E-state index is 12.2. The van der Waals surface area contributed by atoms with E-state index in [9.17, 15) is 14.9 Å². The van der Waals surface area contributed by atoms with Crippen molar-refractivity contribution in [3.8, 4) is 0 Å². The number of nitrogens with zero attached hydrogens (tertiary/aromatic N) is 2. The van der Waals surface area contributed by atoms with Gasteiger partial charge in [-0.15, -0.1) is 11.3 Å². The zero-order chi connectivity index (χ0) is 15.6. The lowest BCUT2D eigenvalue weighted by Crippen LogP contribution is -2.14. The molecule has 2 aromatic rings. The number of rotatable bonds is 4. The van der Waals surface area contributed by atoms with Gasteiger partial charge in [0.2, 0.25) is 0 Å². The van der Waals surface area contributed by atoms with E-state index in [2.05, 4.69) is 10.3 Å². The highest BCUT2D eigenvalue weighted by atomic mass is 35.5. The fourth-order valence-electron chi connectivity index (χ4n) is 1.66. The molecule has 1 aromatic carbocycles. The highest BCUT2D eigenvalue weighted by molar-refractivity contribution is 7.14. The minimum absolute atomic E-state index is 0.0744. The molecule has 1 N–H and O–H groups in total. The fourth-order valence-corrected chi connectivity index (χ4v) is 2.77. The van der Waals surface area contributed by atoms with Crippen LogP contribution in [0.1, 0.15) is 35.8 Å². The van der Waals surface area contributed by atoms with Gasteiger partial charge in [-0.05, 0) is 18.1 Å². The van der Waals surface area contributed by atoms with E-state index in [4.69, 9.17) is 11.6 Å². The van der Waals surface area contributed by atoms with E-state index in [1.807, 2.05) is 19.2 Å². The van der Waals surface area contributed by atoms with Crippen LogP contribution in [0.5, 0.6) is 0 Å². The Bertz CT molecular complexity index is 700. The molecule has 1 heterocycles. The normalized spacial score (nSPS) is 10.7. The van der Waals surface area contributed by atoms with Crippen LogP contribution in [-0.4, -0.2) is 15.8 Å². The number of amides is 1. The Morgan fingerprint density at radius 3 is 2.76 bits per heavy atom. The van der Waals surface area contributed by atoms with Gasteiger partial charge in [0.05, 0.1) is 10.6 Å². The average molecular weight is 326 g/mol. The van der Waals surface area contributed by atoms with Gasteiger partial charge in [-0.2, -0.15) is 0 Å². The molecule has 1 amide bonds. The summed E-state index contributed by atoms with van der Waals surface area (Å²) in [7, 11) is 0. The van der Waals surface area contributed by atoms with Crippen molar-refractivity contribution in [3.05, 3.63) is 50.0 Å². The predicted molar refractivity (Wildman–Crippen MR) is 82.3 cm³/mol. The first kappa shape index (κ1) is 15.4. The summed E-state index contributed by atoms with van der Waals surface area (Å²) in [5.41, 5.74) is 0.363. The smallest absolute Gasteiger partial charge is 0.298 e. The minimum atomic E-state index is -0.668. The molecule has 8 heteroatoms. The third-order valence-electron chi connectivity index (χ3n) is 2.75. The van der Waals surface area contributed by atoms with Crippen LogP contribution in [0, 0.1) is 10.1 Å². The van der Waals surface area contributed by atoms with Crippen LogP contribution < -0.4 is 5.32 Å². The maximum absolute atomic E-state index is 12.2. The van der Waals surface area contributed by atoms with Crippen LogP contribution >= 0.6 is 22.9 Å². The SMILES string of the molecule is CC(C)c1csc(NC(=O)c2cccc(Cl)c2[N+](=O)[O-])n1. The first-order chi connectivity index (χ1) is 9.90. The van der Waals surface area contributed by atoms with Crippen LogP contribution in [0.3, 0.4) is 0 Å². The quantitative estimate of drug-likeness (QED) is 0.678. The largest absolute Gasteiger partial charge is 0.300 e. The number of nitrogens with one attached hydrogen (secondary N) is 1. The van der Waals surface area contributed by atoms with Gasteiger partial charge in [0, 0.05) is 5.38 Å². The van der Waals surface area contributed by atoms with Crippen molar-refractivity contribution in [2.45, 2.75) is 19.8 Å². The van der Waals surface area contributed by atoms with Gasteiger partial charge in [0.15, 0.2) is 5.13 Å². The Morgan fingerprint density at radius 2 is 2.19 bits per heavy atom. The van der Waals surface area contributed by atoms with E-state index in [0.717, 1.165) is 5.69 Å². The van der Waals surface area contributed by atoms with E-state index in [1.54, 1.807) is 0 Å². The number of nitro benzene ring substituents is 1. The molecule has 0 saturated carbocycles. The maximum Gasteiger partial charge on any atom is 0.300 e. The molecule has 110 valence electrons. The summed E-state index contributed by atoms with van der Waals surface area (Å²) in [5.74, 6) is -0.360. The van der Waals surface area contributed by atoms with E-state index in [-0.39, 0.29) is 16.5 Å². The first-order valence-electron chi connectivity index (χ1n) is 6.09. The number of hydrogen-bond acceptors (Lipinski definition) is 5. The Hall–Kier alpha value is -1.99. The van der Waals surface area contributed by atoms with Gasteiger partial charge >= 0.3 is 5.69 Å². The molecule has 0 radical (unpaired) electrons. The number of hydrogen-bond donors (Lipinski definition) is 1. The number of halogens is 1. The Kier molecular flexibility index (Phi) is 4.54. The summed E-state index contributed by atoms with van der Waals surface area (Å²) >= 11 is 7.06. The van der Waals surface area contributed by atoms with Crippen LogP contribution in [0.2, 0.25) is 5.02 Å². The fraction of sp³-hybridized carbons (Fsp3) is 0.231. The van der Waals surface area contributed by atoms with E-state index >= 15 is 0 Å². The Labute approximate surface area is 129 Å². The number of thiazole rings is 1. The summed E-state index contributed by atoms with van der Waals surface area (Å²) in [5, 5.41) is 15.7. The van der Waals surface area contributed by atoms with E-state index < -0.39 is 16.5 Å². The number of carbonyl (C=O) groups is 1. The van der Waals surface area contributed by atoms with Crippen molar-refractivity contribution in [2.24, 2.45) is 0 Å². The van der Waals surface area contributed by atoms with Crippen molar-refractivity contribution in [2.75, 3.05) is 5.32 Å². The third kappa shape index (κ3) is 3.37. The van der Waals surface area contributed by atoms with Crippen LogP contribution in [-0.2, 0) is 0 Å². The summed E-state index contributed by atoms with van der Waals surface area (Å²) in [6, 6.07) is 4.22. The standard InChI is InChI=1S/C13H12ClN3O3S/c1-7(2)10-6-21-13(15-10)16-12(18)8-4-3-5-9(14)11(8)17(19)20/h3-7H,1-2H3,(H,15,16,18). The topological polar surface area (TPSA) is 85.1 Å². The molecule has 1 aromatic heterocycles. The van der Waals surface area contributed by atoms with Gasteiger partial charge in [-0.1, -0.05) is 31.5 Å². The van der Waals surface area contributed by atoms with E-state index in [0.29, 0.717) is 5.13 Å². The average Bonchev–Trinajstić information content (AvgIpc) is 2.86. The zero-order valence-electron chi connectivity index (χ0n) is 11.3. The molecule has 0 spiro atoms. The second-order valence-corrected chi connectivity index (χ2v) is 5.84. The van der Waals surface area contributed by atoms with Crippen molar-refractivity contribution < 1.29 is 9.72 Å². The molecule has 0 bridgehead atoms. The lowest BCUT2D eigenvalue weighted by atomic mass is 10.1. The lowest BCUT2D eigenvalue weighted by molar-refractivity contribution is -0.385.